The minimum absolute atomic E-state index is 0.259. The second kappa shape index (κ2) is 10.00. The number of hydrogen-bond donors (Lipinski definition) is 0. The van der Waals surface area contributed by atoms with Gasteiger partial charge in [0.2, 0.25) is 14.8 Å². The number of tetrazole rings is 1. The van der Waals surface area contributed by atoms with Gasteiger partial charge in [0.25, 0.3) is 0 Å². The molecule has 1 fully saturated rings. The van der Waals surface area contributed by atoms with Crippen molar-refractivity contribution in [3.63, 3.8) is 0 Å². The zero-order chi connectivity index (χ0) is 23.4. The van der Waals surface area contributed by atoms with Crippen LogP contribution in [0.15, 0.2) is 53.4 Å². The normalized spacial score (nSPS) is 15.5. The summed E-state index contributed by atoms with van der Waals surface area (Å²) in [4.78, 5) is 2.36. The molecule has 10 nitrogen and oxygen atoms in total. The van der Waals surface area contributed by atoms with Crippen LogP contribution in [0, 0.1) is 4.77 Å². The third kappa shape index (κ3) is 4.93. The first-order valence-corrected chi connectivity index (χ1v) is 12.4. The van der Waals surface area contributed by atoms with E-state index in [-0.39, 0.29) is 4.90 Å². The van der Waals surface area contributed by atoms with Crippen molar-refractivity contribution in [2.75, 3.05) is 39.9 Å². The molecule has 1 aliphatic rings. The maximum Gasteiger partial charge on any atom is 0.243 e. The van der Waals surface area contributed by atoms with E-state index in [4.69, 9.17) is 21.7 Å². The Morgan fingerprint density at radius 1 is 1.00 bits per heavy atom. The fourth-order valence-corrected chi connectivity index (χ4v) is 5.27. The lowest BCUT2D eigenvalue weighted by atomic mass is 10.3. The van der Waals surface area contributed by atoms with Gasteiger partial charge in [-0.05, 0) is 66.0 Å². The first-order valence-electron chi connectivity index (χ1n) is 10.6. The van der Waals surface area contributed by atoms with E-state index in [0.29, 0.717) is 55.7 Å². The maximum absolute atomic E-state index is 13.0. The number of rotatable bonds is 8. The Morgan fingerprint density at radius 3 is 2.36 bits per heavy atom. The van der Waals surface area contributed by atoms with Gasteiger partial charge in [0.05, 0.1) is 25.3 Å². The molecule has 0 spiro atoms. The minimum Gasteiger partial charge on any atom is -0.497 e. The van der Waals surface area contributed by atoms with Gasteiger partial charge in [-0.1, -0.05) is 12.1 Å². The lowest BCUT2D eigenvalue weighted by molar-refractivity contribution is 0.144. The van der Waals surface area contributed by atoms with Crippen LogP contribution < -0.4 is 9.47 Å². The number of benzene rings is 2. The fourth-order valence-electron chi connectivity index (χ4n) is 3.62. The van der Waals surface area contributed by atoms with Crippen molar-refractivity contribution in [1.29, 1.82) is 0 Å². The van der Waals surface area contributed by atoms with Crippen LogP contribution in [0.3, 0.4) is 0 Å². The first kappa shape index (κ1) is 23.4. The Kier molecular flexibility index (Phi) is 7.08. The third-order valence-corrected chi connectivity index (χ3v) is 7.69. The Hall–Kier alpha value is -2.80. The van der Waals surface area contributed by atoms with Crippen LogP contribution in [0.4, 0.5) is 0 Å². The lowest BCUT2D eigenvalue weighted by Gasteiger charge is -2.33. The molecule has 4 rings (SSSR count). The second-order valence-electron chi connectivity index (χ2n) is 7.41. The van der Waals surface area contributed by atoms with Crippen LogP contribution in [0.5, 0.6) is 11.5 Å². The summed E-state index contributed by atoms with van der Waals surface area (Å²) >= 11 is 5.59. The number of hydrogen-bond acceptors (Lipinski definition) is 8. The average Bonchev–Trinajstić information content (AvgIpc) is 3.20. The highest BCUT2D eigenvalue weighted by molar-refractivity contribution is 7.89. The van der Waals surface area contributed by atoms with Crippen molar-refractivity contribution in [2.24, 2.45) is 0 Å². The van der Waals surface area contributed by atoms with E-state index in [1.54, 1.807) is 40.7 Å². The molecule has 0 amide bonds. The van der Waals surface area contributed by atoms with E-state index in [1.807, 2.05) is 31.2 Å². The fraction of sp³-hybridized carbons (Fsp3) is 0.381. The van der Waals surface area contributed by atoms with E-state index >= 15 is 0 Å². The molecule has 2 aromatic carbocycles. The second-order valence-corrected chi connectivity index (χ2v) is 9.72. The molecule has 0 radical (unpaired) electrons. The van der Waals surface area contributed by atoms with Gasteiger partial charge in [-0.3, -0.25) is 4.90 Å². The summed E-state index contributed by atoms with van der Waals surface area (Å²) in [6.45, 7) is 4.74. The summed E-state index contributed by atoms with van der Waals surface area (Å²) in [6, 6.07) is 14.0. The molecular weight excluding hydrogens is 464 g/mol. The van der Waals surface area contributed by atoms with Gasteiger partial charge in [0, 0.05) is 26.2 Å². The molecule has 176 valence electrons. The Bertz CT molecular complexity index is 1250. The quantitative estimate of drug-likeness (QED) is 0.444. The zero-order valence-electron chi connectivity index (χ0n) is 18.5. The molecule has 1 saturated heterocycles. The lowest BCUT2D eigenvalue weighted by Crippen LogP contribution is -2.48. The number of piperazine rings is 1. The molecule has 0 saturated carbocycles. The molecule has 12 heteroatoms. The summed E-state index contributed by atoms with van der Waals surface area (Å²) in [6.07, 6.45) is 0. The number of nitrogens with zero attached hydrogens (tertiary/aromatic N) is 6. The minimum atomic E-state index is -3.56. The first-order chi connectivity index (χ1) is 15.9. The van der Waals surface area contributed by atoms with E-state index in [0.717, 1.165) is 5.69 Å². The van der Waals surface area contributed by atoms with Crippen molar-refractivity contribution in [3.8, 4) is 17.2 Å². The molecule has 3 aromatic rings. The van der Waals surface area contributed by atoms with Gasteiger partial charge in [-0.2, -0.15) is 8.99 Å². The Labute approximate surface area is 198 Å². The predicted octanol–water partition coefficient (Wildman–Crippen LogP) is 2.17. The van der Waals surface area contributed by atoms with E-state index < -0.39 is 10.0 Å². The molecule has 0 aliphatic carbocycles. The summed E-state index contributed by atoms with van der Waals surface area (Å²) in [5, 5.41) is 8.41. The van der Waals surface area contributed by atoms with E-state index in [1.165, 1.54) is 4.31 Å². The molecule has 0 bridgehead atoms. The number of sulfonamides is 1. The van der Waals surface area contributed by atoms with Crippen molar-refractivity contribution < 1.29 is 17.9 Å². The van der Waals surface area contributed by atoms with Gasteiger partial charge in [0.15, 0.2) is 0 Å². The zero-order valence-corrected chi connectivity index (χ0v) is 20.1. The predicted molar refractivity (Wildman–Crippen MR) is 125 cm³/mol. The van der Waals surface area contributed by atoms with Crippen molar-refractivity contribution in [2.45, 2.75) is 18.5 Å². The number of ether oxygens (including phenoxy) is 2. The van der Waals surface area contributed by atoms with Crippen LogP contribution in [0.1, 0.15) is 6.92 Å². The van der Waals surface area contributed by atoms with Crippen LogP contribution in [-0.4, -0.2) is 77.3 Å². The molecule has 1 aliphatic heterocycles. The highest BCUT2D eigenvalue weighted by Crippen LogP contribution is 2.23. The average molecular weight is 491 g/mol. The number of para-hydroxylation sites is 2. The van der Waals surface area contributed by atoms with Gasteiger partial charge >= 0.3 is 0 Å². The third-order valence-electron chi connectivity index (χ3n) is 5.40. The van der Waals surface area contributed by atoms with Gasteiger partial charge in [-0.15, -0.1) is 0 Å². The standard InChI is InChI=1S/C21H26N6O4S2/c1-3-31-20-7-5-4-6-19(20)27-21(32)26(22-23-27)16-24-12-14-25(15-13-24)33(28,29)18-10-8-17(30-2)9-11-18/h4-11H,3,12-16H2,1-2H3. The molecule has 0 atom stereocenters. The van der Waals surface area contributed by atoms with Gasteiger partial charge in [-0.25, -0.2) is 13.1 Å². The summed E-state index contributed by atoms with van der Waals surface area (Å²) in [5.41, 5.74) is 0.728. The summed E-state index contributed by atoms with van der Waals surface area (Å²) < 4.78 is 41.8. The van der Waals surface area contributed by atoms with E-state index in [2.05, 4.69) is 15.3 Å². The van der Waals surface area contributed by atoms with Crippen LogP contribution >= 0.6 is 12.2 Å². The molecule has 2 heterocycles. The van der Waals surface area contributed by atoms with E-state index in [9.17, 15) is 8.42 Å². The largest absolute Gasteiger partial charge is 0.497 e. The highest BCUT2D eigenvalue weighted by Gasteiger charge is 2.29. The van der Waals surface area contributed by atoms with Crippen LogP contribution in [0.25, 0.3) is 5.69 Å². The van der Waals surface area contributed by atoms with Gasteiger partial charge < -0.3 is 9.47 Å². The SMILES string of the molecule is CCOc1ccccc1-n1nnn(CN2CCN(S(=O)(=O)c3ccc(OC)cc3)CC2)c1=S. The molecule has 0 N–H and O–H groups in total. The highest BCUT2D eigenvalue weighted by atomic mass is 32.2. The van der Waals surface area contributed by atoms with Crippen molar-refractivity contribution in [3.05, 3.63) is 53.3 Å². The number of aromatic nitrogens is 4. The molecule has 1 aromatic heterocycles. The summed E-state index contributed by atoms with van der Waals surface area (Å²) in [7, 11) is -2.01. The van der Waals surface area contributed by atoms with Crippen molar-refractivity contribution in [1.82, 2.24) is 29.0 Å². The van der Waals surface area contributed by atoms with Crippen LogP contribution in [-0.2, 0) is 16.7 Å². The smallest absolute Gasteiger partial charge is 0.243 e. The molecule has 0 unspecified atom stereocenters. The van der Waals surface area contributed by atoms with Crippen molar-refractivity contribution >= 4 is 22.2 Å². The monoisotopic (exact) mass is 490 g/mol. The van der Waals surface area contributed by atoms with Crippen LogP contribution in [0.2, 0.25) is 0 Å². The Balaban J connectivity index is 1.42. The molecular formula is C21H26N6O4S2. The van der Waals surface area contributed by atoms with Gasteiger partial charge in [0.1, 0.15) is 17.2 Å². The Morgan fingerprint density at radius 2 is 1.70 bits per heavy atom. The maximum atomic E-state index is 13.0. The number of methoxy groups -OCH3 is 1. The molecule has 33 heavy (non-hydrogen) atoms. The summed E-state index contributed by atoms with van der Waals surface area (Å²) in [5.74, 6) is 1.30. The topological polar surface area (TPSA) is 94.7 Å².